The lowest BCUT2D eigenvalue weighted by molar-refractivity contribution is -0.105. The Labute approximate surface area is 135 Å². The van der Waals surface area contributed by atoms with Gasteiger partial charge in [0.15, 0.2) is 0 Å². The molecule has 0 saturated heterocycles. The van der Waals surface area contributed by atoms with Crippen LogP contribution < -0.4 is 10.1 Å². The van der Waals surface area contributed by atoms with Crippen molar-refractivity contribution in [2.45, 2.75) is 53.4 Å². The van der Waals surface area contributed by atoms with Crippen LogP contribution in [0.15, 0.2) is 18.2 Å². The van der Waals surface area contributed by atoms with Crippen molar-refractivity contribution in [3.05, 3.63) is 23.8 Å². The molecule has 3 heteroatoms. The molecule has 0 bridgehead atoms. The first-order chi connectivity index (χ1) is 10.5. The van der Waals surface area contributed by atoms with Crippen molar-refractivity contribution in [1.29, 1.82) is 0 Å². The molecule has 1 N–H and O–H groups in total. The fraction of sp³-hybridized carbons (Fsp3) is 0.632. The average molecular weight is 305 g/mol. The molecule has 22 heavy (non-hydrogen) atoms. The fourth-order valence-electron chi connectivity index (χ4n) is 2.93. The predicted octanol–water partition coefficient (Wildman–Crippen LogP) is 5.04. The number of amides is 1. The summed E-state index contributed by atoms with van der Waals surface area (Å²) in [6.45, 7) is 9.06. The lowest BCUT2D eigenvalue weighted by Crippen LogP contribution is -2.16. The van der Waals surface area contributed by atoms with Crippen LogP contribution in [0.3, 0.4) is 0 Å². The topological polar surface area (TPSA) is 38.3 Å². The number of anilines is 1. The summed E-state index contributed by atoms with van der Waals surface area (Å²) < 4.78 is 5.08. The van der Waals surface area contributed by atoms with Crippen molar-refractivity contribution >= 4 is 12.1 Å². The molecule has 1 saturated carbocycles. The van der Waals surface area contributed by atoms with Gasteiger partial charge in [-0.15, -0.1) is 0 Å². The van der Waals surface area contributed by atoms with Crippen LogP contribution in [0.2, 0.25) is 0 Å². The first kappa shape index (κ1) is 18.5. The Morgan fingerprint density at radius 3 is 2.36 bits per heavy atom. The predicted molar refractivity (Wildman–Crippen MR) is 93.4 cm³/mol. The van der Waals surface area contributed by atoms with E-state index in [0.29, 0.717) is 6.41 Å². The molecule has 0 unspecified atom stereocenters. The molecule has 1 amide bonds. The van der Waals surface area contributed by atoms with Crippen LogP contribution in [0.5, 0.6) is 5.75 Å². The second-order valence-corrected chi connectivity index (χ2v) is 6.71. The number of carbonyl (C=O) groups excluding carboxylic acids is 1. The van der Waals surface area contributed by atoms with Gasteiger partial charge in [-0.2, -0.15) is 0 Å². The highest BCUT2D eigenvalue weighted by molar-refractivity contribution is 5.72. The maximum absolute atomic E-state index is 10.1. The second-order valence-electron chi connectivity index (χ2n) is 6.71. The molecule has 124 valence electrons. The summed E-state index contributed by atoms with van der Waals surface area (Å²) in [4.78, 5) is 10.1. The number of carbonyl (C=O) groups is 1. The SMILES string of the molecule is CC1CCC(C(C)C)CC1.COc1cc(NC=O)ccc1C. The molecule has 0 atom stereocenters. The monoisotopic (exact) mass is 305 g/mol. The first-order valence-electron chi connectivity index (χ1n) is 8.32. The zero-order chi connectivity index (χ0) is 16.5. The van der Waals surface area contributed by atoms with E-state index in [2.05, 4.69) is 26.1 Å². The fourth-order valence-corrected chi connectivity index (χ4v) is 2.93. The Bertz CT molecular complexity index is 449. The third-order valence-electron chi connectivity index (χ3n) is 4.64. The van der Waals surface area contributed by atoms with E-state index in [4.69, 9.17) is 4.74 Å². The molecule has 0 spiro atoms. The van der Waals surface area contributed by atoms with E-state index >= 15 is 0 Å². The van der Waals surface area contributed by atoms with Crippen LogP contribution >= 0.6 is 0 Å². The van der Waals surface area contributed by atoms with Gasteiger partial charge in [-0.05, 0) is 49.1 Å². The molecule has 0 aliphatic heterocycles. The Morgan fingerprint density at radius 1 is 1.23 bits per heavy atom. The number of nitrogens with one attached hydrogen (secondary N) is 1. The Balaban J connectivity index is 0.000000224. The molecule has 1 aliphatic rings. The summed E-state index contributed by atoms with van der Waals surface area (Å²) in [5.74, 6) is 3.75. The molecule has 1 aliphatic carbocycles. The zero-order valence-electron chi connectivity index (χ0n) is 14.7. The molecule has 2 rings (SSSR count). The van der Waals surface area contributed by atoms with E-state index < -0.39 is 0 Å². The summed E-state index contributed by atoms with van der Waals surface area (Å²) in [5, 5.41) is 2.55. The lowest BCUT2D eigenvalue weighted by atomic mass is 9.78. The summed E-state index contributed by atoms with van der Waals surface area (Å²) in [6, 6.07) is 5.50. The zero-order valence-corrected chi connectivity index (χ0v) is 14.7. The largest absolute Gasteiger partial charge is 0.496 e. The third-order valence-corrected chi connectivity index (χ3v) is 4.64. The van der Waals surface area contributed by atoms with E-state index in [-0.39, 0.29) is 0 Å². The van der Waals surface area contributed by atoms with Gasteiger partial charge in [0.2, 0.25) is 6.41 Å². The standard InChI is InChI=1S/C10H20.C9H11NO2/c1-8(2)10-6-4-9(3)5-7-10;1-7-3-4-8(10-6-11)5-9(7)12-2/h8-10H,4-7H2,1-3H3;3-6H,1-2H3,(H,10,11). The van der Waals surface area contributed by atoms with Crippen molar-refractivity contribution < 1.29 is 9.53 Å². The number of ether oxygens (including phenoxy) is 1. The number of aryl methyl sites for hydroxylation is 1. The smallest absolute Gasteiger partial charge is 0.211 e. The number of rotatable bonds is 4. The number of hydrogen-bond acceptors (Lipinski definition) is 2. The highest BCUT2D eigenvalue weighted by Gasteiger charge is 2.20. The van der Waals surface area contributed by atoms with Gasteiger partial charge in [0, 0.05) is 11.8 Å². The summed E-state index contributed by atoms with van der Waals surface area (Å²) in [6.07, 6.45) is 6.56. The molecular formula is C19H31NO2. The second kappa shape index (κ2) is 9.50. The van der Waals surface area contributed by atoms with Gasteiger partial charge in [-0.3, -0.25) is 4.79 Å². The molecular weight excluding hydrogens is 274 g/mol. The van der Waals surface area contributed by atoms with Gasteiger partial charge >= 0.3 is 0 Å². The molecule has 0 radical (unpaired) electrons. The van der Waals surface area contributed by atoms with Gasteiger partial charge in [0.05, 0.1) is 7.11 Å². The minimum atomic E-state index is 0.643. The van der Waals surface area contributed by atoms with Crippen molar-refractivity contribution in [3.8, 4) is 5.75 Å². The number of benzene rings is 1. The van der Waals surface area contributed by atoms with Crippen LogP contribution in [0.25, 0.3) is 0 Å². The van der Waals surface area contributed by atoms with E-state index in [1.807, 2.05) is 19.1 Å². The molecule has 3 nitrogen and oxygen atoms in total. The van der Waals surface area contributed by atoms with E-state index in [9.17, 15) is 4.79 Å². The lowest BCUT2D eigenvalue weighted by Gasteiger charge is -2.28. The summed E-state index contributed by atoms with van der Waals surface area (Å²) >= 11 is 0. The van der Waals surface area contributed by atoms with Crippen LogP contribution in [-0.4, -0.2) is 13.5 Å². The molecule has 1 aromatic rings. The van der Waals surface area contributed by atoms with E-state index in [0.717, 1.165) is 34.8 Å². The molecule has 1 aromatic carbocycles. The van der Waals surface area contributed by atoms with Gasteiger partial charge in [-0.1, -0.05) is 39.7 Å². The van der Waals surface area contributed by atoms with Gasteiger partial charge < -0.3 is 10.1 Å². The average Bonchev–Trinajstić information content (AvgIpc) is 2.50. The van der Waals surface area contributed by atoms with Gasteiger partial charge in [-0.25, -0.2) is 0 Å². The van der Waals surface area contributed by atoms with Crippen LogP contribution in [0.1, 0.15) is 52.0 Å². The highest BCUT2D eigenvalue weighted by atomic mass is 16.5. The van der Waals surface area contributed by atoms with Crippen LogP contribution in [0, 0.1) is 24.7 Å². The Morgan fingerprint density at radius 2 is 1.86 bits per heavy atom. The molecule has 0 aromatic heterocycles. The first-order valence-corrected chi connectivity index (χ1v) is 8.32. The molecule has 0 heterocycles. The van der Waals surface area contributed by atoms with E-state index in [1.54, 1.807) is 13.2 Å². The Hall–Kier alpha value is -1.51. The van der Waals surface area contributed by atoms with Crippen molar-refractivity contribution in [2.24, 2.45) is 17.8 Å². The summed E-state index contributed by atoms with van der Waals surface area (Å²) in [5.41, 5.74) is 1.79. The maximum Gasteiger partial charge on any atom is 0.211 e. The van der Waals surface area contributed by atoms with E-state index in [1.165, 1.54) is 25.7 Å². The number of methoxy groups -OCH3 is 1. The van der Waals surface area contributed by atoms with Gasteiger partial charge in [0.1, 0.15) is 5.75 Å². The van der Waals surface area contributed by atoms with Gasteiger partial charge in [0.25, 0.3) is 0 Å². The third kappa shape index (κ3) is 6.08. The highest BCUT2D eigenvalue weighted by Crippen LogP contribution is 2.32. The van der Waals surface area contributed by atoms with Crippen LogP contribution in [0.4, 0.5) is 5.69 Å². The van der Waals surface area contributed by atoms with Crippen molar-refractivity contribution in [2.75, 3.05) is 12.4 Å². The summed E-state index contributed by atoms with van der Waals surface area (Å²) in [7, 11) is 1.60. The molecule has 1 fully saturated rings. The van der Waals surface area contributed by atoms with Crippen LogP contribution in [-0.2, 0) is 4.79 Å². The maximum atomic E-state index is 10.1. The Kier molecular flexibility index (Phi) is 8.00. The number of hydrogen-bond donors (Lipinski definition) is 1. The quantitative estimate of drug-likeness (QED) is 0.791. The minimum absolute atomic E-state index is 0.643. The van der Waals surface area contributed by atoms with Crippen molar-refractivity contribution in [3.63, 3.8) is 0 Å². The minimum Gasteiger partial charge on any atom is -0.496 e. The normalized spacial score (nSPS) is 20.8. The van der Waals surface area contributed by atoms with Crippen molar-refractivity contribution in [1.82, 2.24) is 0 Å².